The van der Waals surface area contributed by atoms with Crippen LogP contribution >= 0.6 is 0 Å². The number of hydrogen-bond acceptors (Lipinski definition) is 2. The fraction of sp³-hybridized carbons (Fsp3) is 0.750. The number of hydrogen-bond donors (Lipinski definition) is 0. The van der Waals surface area contributed by atoms with Crippen LogP contribution in [0, 0.1) is 17.3 Å². The summed E-state index contributed by atoms with van der Waals surface area (Å²) in [4.78, 5) is 11.0. The maximum atomic E-state index is 11.0. The fourth-order valence-corrected chi connectivity index (χ4v) is 3.26. The molecule has 3 aliphatic carbocycles. The average Bonchev–Trinajstić information content (AvgIpc) is 2.01. The summed E-state index contributed by atoms with van der Waals surface area (Å²) in [5.74, 6) is 0.834. The maximum Gasteiger partial charge on any atom is 0.302 e. The second kappa shape index (κ2) is 2.85. The van der Waals surface area contributed by atoms with E-state index in [-0.39, 0.29) is 12.1 Å². The van der Waals surface area contributed by atoms with Gasteiger partial charge >= 0.3 is 5.97 Å². The number of carbonyl (C=O) groups is 1. The van der Waals surface area contributed by atoms with Gasteiger partial charge in [0.1, 0.15) is 6.10 Å². The van der Waals surface area contributed by atoms with E-state index in [1.807, 2.05) is 0 Å². The number of fused-ring (bicyclic) bond motifs is 1. The van der Waals surface area contributed by atoms with Gasteiger partial charge in [-0.15, -0.1) is 0 Å². The Morgan fingerprint density at radius 1 is 1.57 bits per heavy atom. The monoisotopic (exact) mass is 194 g/mol. The SMILES string of the molecule is CC(=O)OC1[C@H]2CC=C(C)[C@@H]1C2(C)C. The van der Waals surface area contributed by atoms with Crippen molar-refractivity contribution in [2.45, 2.75) is 40.2 Å². The van der Waals surface area contributed by atoms with Crippen molar-refractivity contribution in [3.05, 3.63) is 11.6 Å². The number of carbonyl (C=O) groups excluding carboxylic acids is 1. The molecule has 3 rings (SSSR count). The smallest absolute Gasteiger partial charge is 0.302 e. The third-order valence-electron chi connectivity index (χ3n) is 3.97. The number of ether oxygens (including phenoxy) is 1. The highest BCUT2D eigenvalue weighted by atomic mass is 16.5. The van der Waals surface area contributed by atoms with Crippen LogP contribution in [0.3, 0.4) is 0 Å². The van der Waals surface area contributed by atoms with E-state index in [9.17, 15) is 4.79 Å². The largest absolute Gasteiger partial charge is 0.462 e. The quantitative estimate of drug-likeness (QED) is 0.473. The Hall–Kier alpha value is -0.790. The van der Waals surface area contributed by atoms with Gasteiger partial charge in [-0.3, -0.25) is 4.79 Å². The van der Waals surface area contributed by atoms with Crippen LogP contribution in [0.1, 0.15) is 34.1 Å². The molecule has 0 aromatic heterocycles. The third-order valence-corrected chi connectivity index (χ3v) is 3.97. The molecule has 0 N–H and O–H groups in total. The van der Waals surface area contributed by atoms with Gasteiger partial charge in [0.15, 0.2) is 0 Å². The van der Waals surface area contributed by atoms with Crippen LogP contribution in [-0.2, 0) is 9.53 Å². The van der Waals surface area contributed by atoms with Crippen molar-refractivity contribution in [1.82, 2.24) is 0 Å². The van der Waals surface area contributed by atoms with Crippen LogP contribution in [-0.4, -0.2) is 12.1 Å². The van der Waals surface area contributed by atoms with E-state index in [1.54, 1.807) is 0 Å². The molecule has 2 heteroatoms. The molecule has 3 aliphatic rings. The third kappa shape index (κ3) is 1.13. The first-order valence-electron chi connectivity index (χ1n) is 5.28. The molecule has 14 heavy (non-hydrogen) atoms. The van der Waals surface area contributed by atoms with Crippen molar-refractivity contribution in [2.75, 3.05) is 0 Å². The zero-order valence-electron chi connectivity index (χ0n) is 9.33. The number of allylic oxidation sites excluding steroid dienone is 1. The Morgan fingerprint density at radius 3 is 2.64 bits per heavy atom. The lowest BCUT2D eigenvalue weighted by atomic mass is 9.47. The van der Waals surface area contributed by atoms with Crippen molar-refractivity contribution >= 4 is 5.97 Å². The Labute approximate surface area is 85.3 Å². The number of rotatable bonds is 1. The molecule has 3 atom stereocenters. The molecule has 0 amide bonds. The molecule has 78 valence electrons. The van der Waals surface area contributed by atoms with E-state index in [4.69, 9.17) is 4.74 Å². The maximum absolute atomic E-state index is 11.0. The van der Waals surface area contributed by atoms with Gasteiger partial charge in [0, 0.05) is 18.8 Å². The first-order chi connectivity index (χ1) is 6.44. The fourth-order valence-electron chi connectivity index (χ4n) is 3.26. The highest BCUT2D eigenvalue weighted by Crippen LogP contribution is 2.60. The summed E-state index contributed by atoms with van der Waals surface area (Å²) in [5.41, 5.74) is 1.71. The first-order valence-corrected chi connectivity index (χ1v) is 5.28. The van der Waals surface area contributed by atoms with Gasteiger partial charge in [-0.1, -0.05) is 25.5 Å². The molecule has 1 unspecified atom stereocenters. The van der Waals surface area contributed by atoms with E-state index in [0.717, 1.165) is 6.42 Å². The van der Waals surface area contributed by atoms with Crippen molar-refractivity contribution in [1.29, 1.82) is 0 Å². The van der Waals surface area contributed by atoms with Gasteiger partial charge in [-0.05, 0) is 18.8 Å². The molecule has 1 fully saturated rings. The summed E-state index contributed by atoms with van der Waals surface area (Å²) in [6.07, 6.45) is 3.50. The zero-order chi connectivity index (χ0) is 10.5. The molecule has 0 spiro atoms. The lowest BCUT2D eigenvalue weighted by Crippen LogP contribution is -2.61. The Balaban J connectivity index is 2.20. The van der Waals surface area contributed by atoms with E-state index >= 15 is 0 Å². The lowest BCUT2D eigenvalue weighted by Gasteiger charge is -2.60. The zero-order valence-corrected chi connectivity index (χ0v) is 9.33. The highest BCUT2D eigenvalue weighted by molar-refractivity contribution is 5.66. The van der Waals surface area contributed by atoms with Gasteiger partial charge in [0.2, 0.25) is 0 Å². The molecule has 0 saturated heterocycles. The van der Waals surface area contributed by atoms with Gasteiger partial charge in [0.25, 0.3) is 0 Å². The second-order valence-corrected chi connectivity index (χ2v) is 5.16. The minimum absolute atomic E-state index is 0.143. The van der Waals surface area contributed by atoms with Crippen molar-refractivity contribution in [3.8, 4) is 0 Å². The van der Waals surface area contributed by atoms with Gasteiger partial charge < -0.3 is 4.74 Å². The van der Waals surface area contributed by atoms with E-state index in [0.29, 0.717) is 17.3 Å². The summed E-state index contributed by atoms with van der Waals surface area (Å²) in [7, 11) is 0. The topological polar surface area (TPSA) is 26.3 Å². The summed E-state index contributed by atoms with van der Waals surface area (Å²) >= 11 is 0. The van der Waals surface area contributed by atoms with Gasteiger partial charge in [-0.2, -0.15) is 0 Å². The first kappa shape index (κ1) is 9.75. The van der Waals surface area contributed by atoms with Crippen LogP contribution in [0.15, 0.2) is 11.6 Å². The molecule has 0 aromatic carbocycles. The molecule has 1 saturated carbocycles. The molecular formula is C12H18O2. The molecular weight excluding hydrogens is 176 g/mol. The minimum atomic E-state index is -0.143. The van der Waals surface area contributed by atoms with Crippen LogP contribution in [0.25, 0.3) is 0 Å². The second-order valence-electron chi connectivity index (χ2n) is 5.16. The summed E-state index contributed by atoms with van der Waals surface area (Å²) in [6.45, 7) is 8.20. The summed E-state index contributed by atoms with van der Waals surface area (Å²) < 4.78 is 5.38. The molecule has 0 aromatic rings. The van der Waals surface area contributed by atoms with E-state index in [2.05, 4.69) is 26.8 Å². The normalized spacial score (nSPS) is 38.3. The Kier molecular flexibility index (Phi) is 1.98. The molecule has 0 radical (unpaired) electrons. The standard InChI is InChI=1S/C12H18O2/c1-7-5-6-9-11(14-8(2)13)10(7)12(9,3)4/h5,9-11H,6H2,1-4H3/t9-,10+,11?/m1/s1. The summed E-state index contributed by atoms with van der Waals surface area (Å²) in [6, 6.07) is 0. The highest BCUT2D eigenvalue weighted by Gasteiger charge is 2.59. The average molecular weight is 194 g/mol. The lowest BCUT2D eigenvalue weighted by molar-refractivity contribution is -0.190. The van der Waals surface area contributed by atoms with Crippen LogP contribution < -0.4 is 0 Å². The van der Waals surface area contributed by atoms with Gasteiger partial charge in [-0.25, -0.2) is 0 Å². The van der Waals surface area contributed by atoms with Crippen molar-refractivity contribution in [2.24, 2.45) is 17.3 Å². The predicted octanol–water partition coefficient (Wildman–Crippen LogP) is 2.54. The van der Waals surface area contributed by atoms with Crippen molar-refractivity contribution < 1.29 is 9.53 Å². The van der Waals surface area contributed by atoms with E-state index in [1.165, 1.54) is 12.5 Å². The van der Waals surface area contributed by atoms with Crippen LogP contribution in [0.2, 0.25) is 0 Å². The molecule has 0 aliphatic heterocycles. The number of esters is 1. The minimum Gasteiger partial charge on any atom is -0.462 e. The molecule has 0 heterocycles. The summed E-state index contributed by atoms with van der Waals surface area (Å²) in [5, 5.41) is 0. The van der Waals surface area contributed by atoms with Crippen molar-refractivity contribution in [3.63, 3.8) is 0 Å². The molecule has 2 nitrogen and oxygen atoms in total. The van der Waals surface area contributed by atoms with Gasteiger partial charge in [0.05, 0.1) is 0 Å². The Bertz CT molecular complexity index is 301. The predicted molar refractivity (Wildman–Crippen MR) is 54.7 cm³/mol. The van der Waals surface area contributed by atoms with Crippen LogP contribution in [0.5, 0.6) is 0 Å². The Morgan fingerprint density at radius 2 is 2.21 bits per heavy atom. The molecule has 2 bridgehead atoms. The van der Waals surface area contributed by atoms with Crippen LogP contribution in [0.4, 0.5) is 0 Å². The van der Waals surface area contributed by atoms with E-state index < -0.39 is 0 Å².